The third kappa shape index (κ3) is 2.25. The molecule has 0 aromatic heterocycles. The number of nitrogens with two attached hydrogens (primary N) is 1. The Morgan fingerprint density at radius 3 is 2.82 bits per heavy atom. The minimum absolute atomic E-state index is 0.586. The molecule has 17 heavy (non-hydrogen) atoms. The van der Waals surface area contributed by atoms with Crippen LogP contribution in [0, 0.1) is 11.8 Å². The molecule has 1 aliphatic carbocycles. The van der Waals surface area contributed by atoms with E-state index in [4.69, 9.17) is 10.5 Å². The van der Waals surface area contributed by atoms with E-state index in [1.807, 2.05) is 0 Å². The second kappa shape index (κ2) is 5.25. The summed E-state index contributed by atoms with van der Waals surface area (Å²) in [6.07, 6.45) is 8.36. The lowest BCUT2D eigenvalue weighted by Gasteiger charge is -2.44. The van der Waals surface area contributed by atoms with Crippen LogP contribution < -0.4 is 5.73 Å². The highest BCUT2D eigenvalue weighted by Crippen LogP contribution is 2.39. The molecule has 0 aromatic rings. The summed E-state index contributed by atoms with van der Waals surface area (Å²) in [6.45, 7) is 3.98. The Morgan fingerprint density at radius 1 is 1.18 bits per heavy atom. The number of nitrogens with zero attached hydrogens (tertiary/aromatic N) is 1. The number of hydrogen-bond acceptors (Lipinski definition) is 3. The highest BCUT2D eigenvalue weighted by atomic mass is 16.5. The van der Waals surface area contributed by atoms with E-state index in [-0.39, 0.29) is 0 Å². The van der Waals surface area contributed by atoms with Gasteiger partial charge in [-0.15, -0.1) is 0 Å². The summed E-state index contributed by atoms with van der Waals surface area (Å²) in [7, 11) is 0. The third-order valence-corrected chi connectivity index (χ3v) is 5.21. The van der Waals surface area contributed by atoms with Crippen LogP contribution in [-0.2, 0) is 4.74 Å². The number of rotatable bonds is 3. The fourth-order valence-corrected chi connectivity index (χ4v) is 4.36. The Hall–Kier alpha value is -0.120. The van der Waals surface area contributed by atoms with Crippen molar-refractivity contribution in [3.63, 3.8) is 0 Å². The topological polar surface area (TPSA) is 38.5 Å². The monoisotopic (exact) mass is 238 g/mol. The number of piperidine rings is 1. The van der Waals surface area contributed by atoms with Crippen LogP contribution in [0.1, 0.15) is 38.5 Å². The van der Waals surface area contributed by atoms with Gasteiger partial charge >= 0.3 is 0 Å². The zero-order valence-corrected chi connectivity index (χ0v) is 10.8. The van der Waals surface area contributed by atoms with Crippen molar-refractivity contribution in [1.82, 2.24) is 4.90 Å². The summed E-state index contributed by atoms with van der Waals surface area (Å²) in [6, 6.07) is 1.43. The largest absolute Gasteiger partial charge is 0.381 e. The predicted molar refractivity (Wildman–Crippen MR) is 68.8 cm³/mol. The van der Waals surface area contributed by atoms with Crippen LogP contribution in [0.5, 0.6) is 0 Å². The molecule has 0 spiro atoms. The molecular formula is C14H26N2O. The summed E-state index contributed by atoms with van der Waals surface area (Å²) >= 11 is 0. The molecule has 0 amide bonds. The zero-order chi connectivity index (χ0) is 11.7. The van der Waals surface area contributed by atoms with Crippen LogP contribution in [0.4, 0.5) is 0 Å². The smallest absolute Gasteiger partial charge is 0.0510 e. The van der Waals surface area contributed by atoms with Gasteiger partial charge < -0.3 is 10.5 Å². The molecule has 1 saturated carbocycles. The summed E-state index contributed by atoms with van der Waals surface area (Å²) in [5, 5.41) is 0. The van der Waals surface area contributed by atoms with Crippen molar-refractivity contribution in [2.75, 3.05) is 26.3 Å². The standard InChI is InChI=1S/C14H26N2O/c15-9-14(12-6-8-17-10-12)16-7-2-4-11-3-1-5-13(11)16/h11-14H,1-10,15H2. The lowest BCUT2D eigenvalue weighted by molar-refractivity contribution is 0.0389. The van der Waals surface area contributed by atoms with E-state index in [1.54, 1.807) is 0 Å². The van der Waals surface area contributed by atoms with Gasteiger partial charge in [-0.05, 0) is 44.6 Å². The molecular weight excluding hydrogens is 212 g/mol. The Bertz CT molecular complexity index is 253. The first-order chi connectivity index (χ1) is 8.40. The first-order valence-corrected chi connectivity index (χ1v) is 7.43. The van der Waals surface area contributed by atoms with E-state index in [2.05, 4.69) is 4.90 Å². The molecule has 2 N–H and O–H groups in total. The van der Waals surface area contributed by atoms with Gasteiger partial charge in [0.1, 0.15) is 0 Å². The van der Waals surface area contributed by atoms with Gasteiger partial charge in [0, 0.05) is 31.2 Å². The lowest BCUT2D eigenvalue weighted by atomic mass is 9.87. The molecule has 4 atom stereocenters. The van der Waals surface area contributed by atoms with E-state index in [1.165, 1.54) is 45.1 Å². The highest BCUT2D eigenvalue weighted by molar-refractivity contribution is 4.94. The quantitative estimate of drug-likeness (QED) is 0.812. The number of ether oxygens (including phenoxy) is 1. The first-order valence-electron chi connectivity index (χ1n) is 7.43. The van der Waals surface area contributed by atoms with E-state index >= 15 is 0 Å². The summed E-state index contributed by atoms with van der Waals surface area (Å²) < 4.78 is 5.56. The Balaban J connectivity index is 1.71. The number of fused-ring (bicyclic) bond motifs is 1. The second-order valence-corrected chi connectivity index (χ2v) is 6.07. The van der Waals surface area contributed by atoms with Crippen LogP contribution >= 0.6 is 0 Å². The molecule has 4 unspecified atom stereocenters. The maximum Gasteiger partial charge on any atom is 0.0510 e. The molecule has 2 saturated heterocycles. The average Bonchev–Trinajstić information content (AvgIpc) is 3.00. The Morgan fingerprint density at radius 2 is 2.06 bits per heavy atom. The molecule has 3 fully saturated rings. The maximum atomic E-state index is 6.07. The van der Waals surface area contributed by atoms with Crippen molar-refractivity contribution in [3.05, 3.63) is 0 Å². The number of likely N-dealkylation sites (tertiary alicyclic amines) is 1. The summed E-state index contributed by atoms with van der Waals surface area (Å²) in [5.74, 6) is 1.67. The van der Waals surface area contributed by atoms with E-state index in [9.17, 15) is 0 Å². The first kappa shape index (κ1) is 11.9. The third-order valence-electron chi connectivity index (χ3n) is 5.21. The molecule has 3 rings (SSSR count). The molecule has 2 heterocycles. The van der Waals surface area contributed by atoms with Gasteiger partial charge in [0.05, 0.1) is 6.61 Å². The van der Waals surface area contributed by atoms with Crippen molar-refractivity contribution < 1.29 is 4.74 Å². The minimum Gasteiger partial charge on any atom is -0.381 e. The van der Waals surface area contributed by atoms with E-state index in [0.29, 0.717) is 12.0 Å². The molecule has 3 nitrogen and oxygen atoms in total. The fraction of sp³-hybridized carbons (Fsp3) is 1.00. The molecule has 0 radical (unpaired) electrons. The van der Waals surface area contributed by atoms with Crippen molar-refractivity contribution >= 4 is 0 Å². The molecule has 3 aliphatic rings. The Labute approximate surface area is 105 Å². The van der Waals surface area contributed by atoms with Crippen molar-refractivity contribution in [1.29, 1.82) is 0 Å². The van der Waals surface area contributed by atoms with Gasteiger partial charge in [0.2, 0.25) is 0 Å². The van der Waals surface area contributed by atoms with Gasteiger partial charge in [-0.3, -0.25) is 4.90 Å². The van der Waals surface area contributed by atoms with Crippen LogP contribution in [0.2, 0.25) is 0 Å². The van der Waals surface area contributed by atoms with Gasteiger partial charge in [0.25, 0.3) is 0 Å². The molecule has 3 heteroatoms. The van der Waals surface area contributed by atoms with Gasteiger partial charge in [-0.1, -0.05) is 6.42 Å². The molecule has 0 bridgehead atoms. The maximum absolute atomic E-state index is 6.07. The normalized spacial score (nSPS) is 40.4. The van der Waals surface area contributed by atoms with Crippen LogP contribution in [0.3, 0.4) is 0 Å². The number of hydrogen-bond donors (Lipinski definition) is 1. The summed E-state index contributed by atoms with van der Waals surface area (Å²) in [5.41, 5.74) is 6.07. The van der Waals surface area contributed by atoms with Crippen LogP contribution in [0.25, 0.3) is 0 Å². The predicted octanol–water partition coefficient (Wildman–Crippen LogP) is 1.61. The molecule has 0 aromatic carbocycles. The SMILES string of the molecule is NCC(C1CCOC1)N1CCCC2CCCC21. The lowest BCUT2D eigenvalue weighted by Crippen LogP contribution is -2.54. The average molecular weight is 238 g/mol. The van der Waals surface area contributed by atoms with Gasteiger partial charge in [-0.25, -0.2) is 0 Å². The van der Waals surface area contributed by atoms with Crippen molar-refractivity contribution in [3.8, 4) is 0 Å². The van der Waals surface area contributed by atoms with Gasteiger partial charge in [-0.2, -0.15) is 0 Å². The summed E-state index contributed by atoms with van der Waals surface area (Å²) in [4.78, 5) is 2.76. The van der Waals surface area contributed by atoms with Crippen LogP contribution in [-0.4, -0.2) is 43.3 Å². The molecule has 2 aliphatic heterocycles. The van der Waals surface area contributed by atoms with Crippen molar-refractivity contribution in [2.45, 2.75) is 50.6 Å². The van der Waals surface area contributed by atoms with Crippen LogP contribution in [0.15, 0.2) is 0 Å². The fourth-order valence-electron chi connectivity index (χ4n) is 4.36. The highest BCUT2D eigenvalue weighted by Gasteiger charge is 2.40. The van der Waals surface area contributed by atoms with Gasteiger partial charge in [0.15, 0.2) is 0 Å². The second-order valence-electron chi connectivity index (χ2n) is 6.07. The Kier molecular flexibility index (Phi) is 3.69. The minimum atomic E-state index is 0.586. The van der Waals surface area contributed by atoms with E-state index < -0.39 is 0 Å². The van der Waals surface area contributed by atoms with E-state index in [0.717, 1.165) is 31.7 Å². The zero-order valence-electron chi connectivity index (χ0n) is 10.8. The molecule has 98 valence electrons. The van der Waals surface area contributed by atoms with Crippen molar-refractivity contribution in [2.24, 2.45) is 17.6 Å².